The van der Waals surface area contributed by atoms with Crippen molar-refractivity contribution in [3.05, 3.63) is 64.0 Å². The Morgan fingerprint density at radius 2 is 1.66 bits per heavy atom. The lowest BCUT2D eigenvalue weighted by Crippen LogP contribution is -2.21. The molecule has 2 aromatic carbocycles. The number of hydrogen-bond acceptors (Lipinski definition) is 5. The molecule has 1 aromatic heterocycles. The number of carbonyl (C=O) groups is 1. The van der Waals surface area contributed by atoms with Gasteiger partial charge in [-0.2, -0.15) is 0 Å². The van der Waals surface area contributed by atoms with Gasteiger partial charge in [0.1, 0.15) is 0 Å². The van der Waals surface area contributed by atoms with Crippen molar-refractivity contribution in [2.75, 3.05) is 21.3 Å². The van der Waals surface area contributed by atoms with Crippen molar-refractivity contribution in [3.63, 3.8) is 0 Å². The van der Waals surface area contributed by atoms with Crippen LogP contribution in [0.25, 0.3) is 10.4 Å². The van der Waals surface area contributed by atoms with Gasteiger partial charge in [-0.25, -0.2) is 0 Å². The van der Waals surface area contributed by atoms with Crippen LogP contribution in [0.1, 0.15) is 26.4 Å². The molecule has 29 heavy (non-hydrogen) atoms. The molecule has 1 aliphatic rings. The van der Waals surface area contributed by atoms with Crippen LogP contribution in [0, 0.1) is 0 Å². The van der Waals surface area contributed by atoms with E-state index in [9.17, 15) is 4.79 Å². The first-order valence-electron chi connectivity index (χ1n) is 9.42. The number of benzene rings is 2. The van der Waals surface area contributed by atoms with E-state index in [1.54, 1.807) is 32.7 Å². The van der Waals surface area contributed by atoms with Crippen molar-refractivity contribution in [3.8, 4) is 27.7 Å². The van der Waals surface area contributed by atoms with Gasteiger partial charge in [0.15, 0.2) is 11.5 Å². The fraction of sp³-hybridized carbons (Fsp3) is 0.261. The summed E-state index contributed by atoms with van der Waals surface area (Å²) in [6.45, 7) is 0.370. The second-order valence-electron chi connectivity index (χ2n) is 6.84. The van der Waals surface area contributed by atoms with Crippen LogP contribution in [0.5, 0.6) is 17.2 Å². The fourth-order valence-electron chi connectivity index (χ4n) is 3.69. The first-order chi connectivity index (χ1) is 14.1. The summed E-state index contributed by atoms with van der Waals surface area (Å²) in [5.41, 5.74) is 4.74. The van der Waals surface area contributed by atoms with Crippen molar-refractivity contribution in [2.24, 2.45) is 0 Å². The predicted octanol–water partition coefficient (Wildman–Crippen LogP) is 4.47. The fourth-order valence-corrected chi connectivity index (χ4v) is 4.88. The number of methoxy groups -OCH3 is 3. The Kier molecular flexibility index (Phi) is 5.45. The van der Waals surface area contributed by atoms with E-state index >= 15 is 0 Å². The van der Waals surface area contributed by atoms with Crippen LogP contribution in [-0.2, 0) is 19.4 Å². The van der Waals surface area contributed by atoms with Gasteiger partial charge in [-0.3, -0.25) is 4.79 Å². The van der Waals surface area contributed by atoms with Gasteiger partial charge in [0, 0.05) is 11.4 Å². The van der Waals surface area contributed by atoms with Crippen LogP contribution in [0.3, 0.4) is 0 Å². The van der Waals surface area contributed by atoms with Gasteiger partial charge in [0.25, 0.3) is 5.91 Å². The maximum Gasteiger partial charge on any atom is 0.261 e. The number of thiophene rings is 1. The Balaban J connectivity index is 1.53. The molecule has 0 aliphatic heterocycles. The molecule has 0 radical (unpaired) electrons. The molecular formula is C23H23NO4S. The van der Waals surface area contributed by atoms with E-state index in [-0.39, 0.29) is 5.91 Å². The van der Waals surface area contributed by atoms with Crippen molar-refractivity contribution >= 4 is 17.2 Å². The molecule has 1 amide bonds. The summed E-state index contributed by atoms with van der Waals surface area (Å²) >= 11 is 1.56. The predicted molar refractivity (Wildman–Crippen MR) is 114 cm³/mol. The molecule has 0 unspecified atom stereocenters. The third-order valence-corrected chi connectivity index (χ3v) is 6.35. The Morgan fingerprint density at radius 1 is 0.966 bits per heavy atom. The van der Waals surface area contributed by atoms with Gasteiger partial charge >= 0.3 is 0 Å². The smallest absolute Gasteiger partial charge is 0.261 e. The molecule has 0 saturated heterocycles. The van der Waals surface area contributed by atoms with Gasteiger partial charge in [-0.1, -0.05) is 24.3 Å². The highest BCUT2D eigenvalue weighted by Crippen LogP contribution is 2.40. The maximum atomic E-state index is 12.8. The van der Waals surface area contributed by atoms with Crippen molar-refractivity contribution in [2.45, 2.75) is 19.4 Å². The lowest BCUT2D eigenvalue weighted by Gasteiger charge is -2.15. The van der Waals surface area contributed by atoms with E-state index < -0.39 is 0 Å². The molecule has 4 rings (SSSR count). The molecule has 0 bridgehead atoms. The van der Waals surface area contributed by atoms with E-state index in [4.69, 9.17) is 14.2 Å². The quantitative estimate of drug-likeness (QED) is 0.653. The number of hydrogen-bond donors (Lipinski definition) is 1. The largest absolute Gasteiger partial charge is 0.493 e. The van der Waals surface area contributed by atoms with E-state index in [0.717, 1.165) is 23.3 Å². The van der Waals surface area contributed by atoms with Crippen molar-refractivity contribution in [1.82, 2.24) is 5.32 Å². The molecule has 1 aliphatic carbocycles. The molecule has 5 nitrogen and oxygen atoms in total. The molecular weight excluding hydrogens is 386 g/mol. The second-order valence-corrected chi connectivity index (χ2v) is 7.89. The van der Waals surface area contributed by atoms with Gasteiger partial charge in [0.2, 0.25) is 5.75 Å². The number of rotatable bonds is 6. The number of ether oxygens (including phenoxy) is 3. The summed E-state index contributed by atoms with van der Waals surface area (Å²) in [5, 5.41) is 3.01. The van der Waals surface area contributed by atoms with Gasteiger partial charge in [-0.15, -0.1) is 11.3 Å². The zero-order chi connectivity index (χ0) is 20.4. The first-order valence-corrected chi connectivity index (χ1v) is 10.2. The Labute approximate surface area is 174 Å². The number of amides is 1. The summed E-state index contributed by atoms with van der Waals surface area (Å²) in [7, 11) is 4.72. The van der Waals surface area contributed by atoms with Crippen molar-refractivity contribution in [1.29, 1.82) is 0 Å². The Hall–Kier alpha value is -2.99. The van der Waals surface area contributed by atoms with E-state index in [1.165, 1.54) is 21.6 Å². The highest BCUT2D eigenvalue weighted by Gasteiger charge is 2.21. The lowest BCUT2D eigenvalue weighted by molar-refractivity contribution is 0.0955. The molecule has 1 N–H and O–H groups in total. The summed E-state index contributed by atoms with van der Waals surface area (Å²) in [6.07, 6.45) is 2.00. The number of carbonyl (C=O) groups excluding carboxylic acids is 1. The molecule has 150 valence electrons. The summed E-state index contributed by atoms with van der Waals surface area (Å²) in [6, 6.07) is 14.2. The van der Waals surface area contributed by atoms with Crippen molar-refractivity contribution < 1.29 is 19.0 Å². The SMILES string of the molecule is COc1cc(CNC(=O)c2cc3c(s2)-c2ccccc2CC3)cc(OC)c1OC. The topological polar surface area (TPSA) is 56.8 Å². The first kappa shape index (κ1) is 19.3. The summed E-state index contributed by atoms with van der Waals surface area (Å²) in [5.74, 6) is 1.60. The highest BCUT2D eigenvalue weighted by atomic mass is 32.1. The van der Waals surface area contributed by atoms with Crippen LogP contribution in [0.2, 0.25) is 0 Å². The minimum Gasteiger partial charge on any atom is -0.493 e. The Morgan fingerprint density at radius 3 is 2.34 bits per heavy atom. The van der Waals surface area contributed by atoms with E-state index in [1.807, 2.05) is 18.2 Å². The molecule has 0 spiro atoms. The average molecular weight is 410 g/mol. The van der Waals surface area contributed by atoms with Crippen LogP contribution < -0.4 is 19.5 Å². The second kappa shape index (κ2) is 8.17. The normalized spacial score (nSPS) is 12.0. The van der Waals surface area contributed by atoms with Crippen LogP contribution in [-0.4, -0.2) is 27.2 Å². The molecule has 1 heterocycles. The third-order valence-electron chi connectivity index (χ3n) is 5.14. The maximum absolute atomic E-state index is 12.8. The minimum atomic E-state index is -0.0735. The zero-order valence-corrected chi connectivity index (χ0v) is 17.5. The molecule has 6 heteroatoms. The van der Waals surface area contributed by atoms with Crippen LogP contribution >= 0.6 is 11.3 Å². The van der Waals surface area contributed by atoms with Gasteiger partial charge in [0.05, 0.1) is 26.2 Å². The number of fused-ring (bicyclic) bond motifs is 3. The minimum absolute atomic E-state index is 0.0735. The highest BCUT2D eigenvalue weighted by molar-refractivity contribution is 7.17. The number of aryl methyl sites for hydroxylation is 2. The monoisotopic (exact) mass is 409 g/mol. The zero-order valence-electron chi connectivity index (χ0n) is 16.7. The average Bonchev–Trinajstić information content (AvgIpc) is 3.21. The van der Waals surface area contributed by atoms with Gasteiger partial charge in [-0.05, 0) is 53.3 Å². The molecule has 0 saturated carbocycles. The number of nitrogens with one attached hydrogen (secondary N) is 1. The van der Waals surface area contributed by atoms with Crippen LogP contribution in [0.4, 0.5) is 0 Å². The summed E-state index contributed by atoms with van der Waals surface area (Å²) in [4.78, 5) is 14.7. The third kappa shape index (κ3) is 3.68. The Bertz CT molecular complexity index is 1030. The molecule has 0 fully saturated rings. The molecule has 0 atom stereocenters. The van der Waals surface area contributed by atoms with Gasteiger partial charge < -0.3 is 19.5 Å². The molecule has 3 aromatic rings. The lowest BCUT2D eigenvalue weighted by atomic mass is 9.91. The van der Waals surface area contributed by atoms with E-state index in [2.05, 4.69) is 29.6 Å². The van der Waals surface area contributed by atoms with E-state index in [0.29, 0.717) is 23.8 Å². The van der Waals surface area contributed by atoms with Crippen LogP contribution in [0.15, 0.2) is 42.5 Å². The summed E-state index contributed by atoms with van der Waals surface area (Å²) < 4.78 is 16.1. The standard InChI is InChI=1S/C23H23NO4S/c1-26-18-10-14(11-19(27-2)21(18)28-3)13-24-23(25)20-12-16-9-8-15-6-4-5-7-17(15)22(16)29-20/h4-7,10-12H,8-9,13H2,1-3H3,(H,24,25).